The molecule has 0 saturated carbocycles. The molecule has 1 atom stereocenters. The van der Waals surface area contributed by atoms with Gasteiger partial charge in [-0.2, -0.15) is 0 Å². The Morgan fingerprint density at radius 1 is 1.41 bits per heavy atom. The summed E-state index contributed by atoms with van der Waals surface area (Å²) in [6, 6.07) is 10.0. The summed E-state index contributed by atoms with van der Waals surface area (Å²) in [5, 5.41) is 0. The monoisotopic (exact) mass is 300 g/mol. The average molecular weight is 300 g/mol. The molecule has 0 amide bonds. The Hall–Kier alpha value is -2.14. The Balaban J connectivity index is 1.72. The van der Waals surface area contributed by atoms with Crippen LogP contribution in [0.15, 0.2) is 42.9 Å². The maximum atomic E-state index is 12.3. The number of esters is 1. The summed E-state index contributed by atoms with van der Waals surface area (Å²) in [6.45, 7) is 5.74. The van der Waals surface area contributed by atoms with E-state index in [-0.39, 0.29) is 17.4 Å². The molecule has 1 aromatic carbocycles. The van der Waals surface area contributed by atoms with Crippen LogP contribution in [0.3, 0.4) is 0 Å². The molecule has 0 unspecified atom stereocenters. The topological polar surface area (TPSA) is 53.4 Å². The number of aromatic nitrogens is 2. The largest absolute Gasteiger partial charge is 0.460 e. The molecule has 0 radical (unpaired) electrons. The van der Waals surface area contributed by atoms with Gasteiger partial charge in [-0.15, -0.1) is 0 Å². The maximum Gasteiger partial charge on any atom is 0.356 e. The number of rotatable bonds is 5. The molecular formula is C17H20N2O3. The Morgan fingerprint density at radius 3 is 2.77 bits per heavy atom. The minimum atomic E-state index is -0.339. The van der Waals surface area contributed by atoms with Gasteiger partial charge in [-0.3, -0.25) is 0 Å². The second-order valence-corrected chi connectivity index (χ2v) is 6.15. The van der Waals surface area contributed by atoms with Crippen molar-refractivity contribution in [1.82, 2.24) is 9.55 Å². The summed E-state index contributed by atoms with van der Waals surface area (Å²) in [6.07, 6.45) is 3.23. The van der Waals surface area contributed by atoms with Crippen LogP contribution in [0.4, 0.5) is 0 Å². The Bertz CT molecular complexity index is 647. The number of carbonyl (C=O) groups excluding carboxylic acids is 1. The molecule has 3 rings (SSSR count). The highest BCUT2D eigenvalue weighted by molar-refractivity contribution is 5.87. The second kappa shape index (κ2) is 5.93. The normalized spacial score (nSPS) is 17.5. The molecule has 116 valence electrons. The molecule has 5 nitrogen and oxygen atoms in total. The second-order valence-electron chi connectivity index (χ2n) is 6.15. The van der Waals surface area contributed by atoms with Gasteiger partial charge in [0, 0.05) is 5.41 Å². The van der Waals surface area contributed by atoms with E-state index in [1.165, 1.54) is 0 Å². The predicted molar refractivity (Wildman–Crippen MR) is 81.7 cm³/mol. The van der Waals surface area contributed by atoms with Crippen molar-refractivity contribution in [2.75, 3.05) is 19.8 Å². The third-order valence-corrected chi connectivity index (χ3v) is 4.03. The van der Waals surface area contributed by atoms with Gasteiger partial charge in [-0.1, -0.05) is 37.3 Å². The fourth-order valence-corrected chi connectivity index (χ4v) is 2.51. The summed E-state index contributed by atoms with van der Waals surface area (Å²) in [5.41, 5.74) is 1.54. The molecular weight excluding hydrogens is 280 g/mol. The van der Waals surface area contributed by atoms with Crippen molar-refractivity contribution in [3.63, 3.8) is 0 Å². The zero-order valence-corrected chi connectivity index (χ0v) is 12.9. The van der Waals surface area contributed by atoms with E-state index in [1.807, 2.05) is 48.7 Å². The van der Waals surface area contributed by atoms with Crippen molar-refractivity contribution >= 4 is 5.97 Å². The molecule has 1 saturated heterocycles. The van der Waals surface area contributed by atoms with Crippen molar-refractivity contribution in [3.8, 4) is 0 Å². The van der Waals surface area contributed by atoms with Crippen molar-refractivity contribution in [3.05, 3.63) is 54.1 Å². The van der Waals surface area contributed by atoms with E-state index in [2.05, 4.69) is 4.98 Å². The number of imidazole rings is 1. The van der Waals surface area contributed by atoms with Crippen LogP contribution in [0.2, 0.25) is 0 Å². The van der Waals surface area contributed by atoms with Gasteiger partial charge >= 0.3 is 5.97 Å². The lowest BCUT2D eigenvalue weighted by atomic mass is 9.90. The predicted octanol–water partition coefficient (Wildman–Crippen LogP) is 2.69. The maximum absolute atomic E-state index is 12.3. The Morgan fingerprint density at radius 2 is 2.14 bits per heavy atom. The molecule has 1 aromatic heterocycles. The first-order valence-electron chi connectivity index (χ1n) is 7.41. The number of ether oxygens (including phenoxy) is 2. The molecule has 5 heteroatoms. The van der Waals surface area contributed by atoms with Crippen LogP contribution in [0.5, 0.6) is 0 Å². The number of hydrogen-bond acceptors (Lipinski definition) is 4. The third kappa shape index (κ3) is 2.90. The van der Waals surface area contributed by atoms with Gasteiger partial charge in [-0.25, -0.2) is 9.78 Å². The van der Waals surface area contributed by atoms with Gasteiger partial charge in [0.05, 0.1) is 31.8 Å². The van der Waals surface area contributed by atoms with Crippen molar-refractivity contribution in [2.45, 2.75) is 19.9 Å². The zero-order chi connectivity index (χ0) is 15.6. The van der Waals surface area contributed by atoms with Crippen LogP contribution < -0.4 is 0 Å². The standard InChI is InChI=1S/C17H20N2O3/c1-13(14-6-4-3-5-7-14)19-12-18-8-15(19)16(20)22-11-17(2)9-21-10-17/h3-8,12-13H,9-11H2,1-2H3/t13-/m1/s1. The highest BCUT2D eigenvalue weighted by Crippen LogP contribution is 2.27. The van der Waals surface area contributed by atoms with E-state index >= 15 is 0 Å². The van der Waals surface area contributed by atoms with E-state index < -0.39 is 0 Å². The summed E-state index contributed by atoms with van der Waals surface area (Å²) < 4.78 is 12.5. The molecule has 22 heavy (non-hydrogen) atoms. The van der Waals surface area contributed by atoms with E-state index in [9.17, 15) is 4.79 Å². The average Bonchev–Trinajstić information content (AvgIpc) is 3.00. The Labute approximate surface area is 129 Å². The molecule has 1 aliphatic heterocycles. The molecule has 1 aliphatic rings. The van der Waals surface area contributed by atoms with Crippen LogP contribution in [-0.2, 0) is 9.47 Å². The first-order chi connectivity index (χ1) is 10.6. The fraction of sp³-hybridized carbons (Fsp3) is 0.412. The van der Waals surface area contributed by atoms with E-state index in [4.69, 9.17) is 9.47 Å². The van der Waals surface area contributed by atoms with Crippen LogP contribution >= 0.6 is 0 Å². The Kier molecular flexibility index (Phi) is 3.98. The lowest BCUT2D eigenvalue weighted by molar-refractivity contribution is -0.127. The molecule has 0 bridgehead atoms. The highest BCUT2D eigenvalue weighted by Gasteiger charge is 2.35. The van der Waals surface area contributed by atoms with Gasteiger partial charge in [0.2, 0.25) is 0 Å². The van der Waals surface area contributed by atoms with E-state index in [0.29, 0.717) is 25.5 Å². The highest BCUT2D eigenvalue weighted by atomic mass is 16.5. The van der Waals surface area contributed by atoms with Crippen molar-refractivity contribution in [2.24, 2.45) is 5.41 Å². The van der Waals surface area contributed by atoms with Gasteiger partial charge in [-0.05, 0) is 12.5 Å². The summed E-state index contributed by atoms with van der Waals surface area (Å²) in [5.74, 6) is -0.339. The molecule has 0 spiro atoms. The molecule has 1 fully saturated rings. The summed E-state index contributed by atoms with van der Waals surface area (Å²) in [7, 11) is 0. The lowest BCUT2D eigenvalue weighted by Gasteiger charge is -2.37. The molecule has 0 N–H and O–H groups in total. The first-order valence-corrected chi connectivity index (χ1v) is 7.41. The SMILES string of the molecule is C[C@H](c1ccccc1)n1cncc1C(=O)OCC1(C)COC1. The van der Waals surface area contributed by atoms with Crippen LogP contribution in [0.1, 0.15) is 35.9 Å². The van der Waals surface area contributed by atoms with Gasteiger partial charge in [0.15, 0.2) is 0 Å². The minimum absolute atomic E-state index is 0.0221. The van der Waals surface area contributed by atoms with Gasteiger partial charge in [0.1, 0.15) is 12.3 Å². The minimum Gasteiger partial charge on any atom is -0.460 e. The number of benzene rings is 1. The van der Waals surface area contributed by atoms with Crippen molar-refractivity contribution in [1.29, 1.82) is 0 Å². The van der Waals surface area contributed by atoms with Gasteiger partial charge in [0.25, 0.3) is 0 Å². The quantitative estimate of drug-likeness (QED) is 0.797. The molecule has 2 heterocycles. The zero-order valence-electron chi connectivity index (χ0n) is 12.9. The van der Waals surface area contributed by atoms with Crippen LogP contribution in [0, 0.1) is 5.41 Å². The number of carbonyl (C=O) groups is 1. The fourth-order valence-electron chi connectivity index (χ4n) is 2.51. The number of nitrogens with zero attached hydrogens (tertiary/aromatic N) is 2. The van der Waals surface area contributed by atoms with E-state index in [0.717, 1.165) is 5.56 Å². The molecule has 2 aromatic rings. The summed E-state index contributed by atoms with van der Waals surface area (Å²) in [4.78, 5) is 16.4. The molecule has 0 aliphatic carbocycles. The van der Waals surface area contributed by atoms with Gasteiger partial charge < -0.3 is 14.0 Å². The van der Waals surface area contributed by atoms with Crippen molar-refractivity contribution < 1.29 is 14.3 Å². The van der Waals surface area contributed by atoms with E-state index in [1.54, 1.807) is 12.5 Å². The first kappa shape index (κ1) is 14.8. The lowest BCUT2D eigenvalue weighted by Crippen LogP contribution is -2.44. The van der Waals surface area contributed by atoms with Crippen LogP contribution in [0.25, 0.3) is 0 Å². The summed E-state index contributed by atoms with van der Waals surface area (Å²) >= 11 is 0. The van der Waals surface area contributed by atoms with Crippen LogP contribution in [-0.4, -0.2) is 35.3 Å². The number of hydrogen-bond donors (Lipinski definition) is 0. The third-order valence-electron chi connectivity index (χ3n) is 4.03. The smallest absolute Gasteiger partial charge is 0.356 e.